The second kappa shape index (κ2) is 4.75. The van der Waals surface area contributed by atoms with Crippen molar-refractivity contribution in [3.63, 3.8) is 0 Å². The minimum absolute atomic E-state index is 0.114. The van der Waals surface area contributed by atoms with Gasteiger partial charge in [0.1, 0.15) is 11.1 Å². The van der Waals surface area contributed by atoms with Gasteiger partial charge in [0.2, 0.25) is 6.79 Å². The van der Waals surface area contributed by atoms with Crippen molar-refractivity contribution in [3.05, 3.63) is 34.7 Å². The number of thiophene rings is 1. The first-order chi connectivity index (χ1) is 9.69. The number of nitrogens with two attached hydrogens (primary N) is 1. The Morgan fingerprint density at radius 3 is 2.90 bits per heavy atom. The van der Waals surface area contributed by atoms with Crippen LogP contribution in [-0.2, 0) is 0 Å². The first-order valence-corrected chi connectivity index (χ1v) is 6.55. The van der Waals surface area contributed by atoms with Gasteiger partial charge in [-0.05, 0) is 17.5 Å². The summed E-state index contributed by atoms with van der Waals surface area (Å²) < 4.78 is 10.4. The number of hydrogen-bond donors (Lipinski definition) is 2. The summed E-state index contributed by atoms with van der Waals surface area (Å²) in [5, 5.41) is 13.8. The van der Waals surface area contributed by atoms with E-state index in [9.17, 15) is 4.79 Å². The number of ether oxygens (including phenoxy) is 2. The number of nitriles is 1. The molecule has 7 heteroatoms. The molecule has 0 spiro atoms. The van der Waals surface area contributed by atoms with Crippen molar-refractivity contribution in [3.8, 4) is 17.6 Å². The number of hydrogen-bond acceptors (Lipinski definition) is 6. The first-order valence-electron chi connectivity index (χ1n) is 5.67. The average molecular weight is 287 g/mol. The maximum absolute atomic E-state index is 12.2. The van der Waals surface area contributed by atoms with E-state index in [0.29, 0.717) is 27.8 Å². The minimum atomic E-state index is -0.389. The third kappa shape index (κ3) is 2.02. The Labute approximate surface area is 118 Å². The number of nitrogen functional groups attached to an aromatic ring is 1. The molecule has 0 saturated carbocycles. The van der Waals surface area contributed by atoms with Crippen molar-refractivity contribution >= 4 is 27.9 Å². The van der Waals surface area contributed by atoms with Crippen LogP contribution in [0.5, 0.6) is 11.5 Å². The van der Waals surface area contributed by atoms with Crippen LogP contribution in [0.25, 0.3) is 0 Å². The number of benzene rings is 1. The zero-order valence-electron chi connectivity index (χ0n) is 10.2. The third-order valence-corrected chi connectivity index (χ3v) is 3.63. The number of carbonyl (C=O) groups excluding carboxylic acids is 1. The molecule has 1 aromatic carbocycles. The molecular weight excluding hydrogens is 278 g/mol. The number of rotatable bonds is 2. The number of carbonyl (C=O) groups is 1. The molecule has 20 heavy (non-hydrogen) atoms. The van der Waals surface area contributed by atoms with Crippen LogP contribution in [0.15, 0.2) is 23.6 Å². The lowest BCUT2D eigenvalue weighted by Gasteiger charge is -2.07. The number of nitrogens with one attached hydrogen (secondary N) is 1. The maximum atomic E-state index is 12.2. The number of anilines is 2. The van der Waals surface area contributed by atoms with E-state index >= 15 is 0 Å². The van der Waals surface area contributed by atoms with Crippen molar-refractivity contribution in [1.29, 1.82) is 5.26 Å². The van der Waals surface area contributed by atoms with Gasteiger partial charge in [-0.1, -0.05) is 0 Å². The SMILES string of the molecule is N#Cc1ccsc1NC(=O)c1cc2c(cc1N)OCO2. The number of nitrogens with zero attached hydrogens (tertiary/aromatic N) is 1. The molecule has 0 aliphatic carbocycles. The molecule has 2 aromatic rings. The lowest BCUT2D eigenvalue weighted by Crippen LogP contribution is -2.13. The van der Waals surface area contributed by atoms with E-state index in [0.717, 1.165) is 0 Å². The Kier molecular flexibility index (Phi) is 2.93. The van der Waals surface area contributed by atoms with Gasteiger partial charge in [0.25, 0.3) is 5.91 Å². The van der Waals surface area contributed by atoms with Crippen molar-refractivity contribution < 1.29 is 14.3 Å². The summed E-state index contributed by atoms with van der Waals surface area (Å²) in [5.41, 5.74) is 6.83. The summed E-state index contributed by atoms with van der Waals surface area (Å²) in [6.45, 7) is 0.114. The van der Waals surface area contributed by atoms with E-state index in [1.165, 1.54) is 17.4 Å². The number of fused-ring (bicyclic) bond motifs is 1. The molecule has 0 saturated heterocycles. The second-order valence-corrected chi connectivity index (χ2v) is 4.94. The molecule has 1 aromatic heterocycles. The van der Waals surface area contributed by atoms with Crippen LogP contribution in [0.3, 0.4) is 0 Å². The molecule has 0 atom stereocenters. The van der Waals surface area contributed by atoms with Crippen LogP contribution in [0.4, 0.5) is 10.7 Å². The second-order valence-electron chi connectivity index (χ2n) is 4.02. The van der Waals surface area contributed by atoms with Crippen molar-refractivity contribution in [2.75, 3.05) is 17.8 Å². The fourth-order valence-electron chi connectivity index (χ4n) is 1.82. The van der Waals surface area contributed by atoms with Crippen LogP contribution in [0.1, 0.15) is 15.9 Å². The van der Waals surface area contributed by atoms with E-state index in [1.807, 2.05) is 6.07 Å². The molecule has 1 aliphatic rings. The fourth-order valence-corrected chi connectivity index (χ4v) is 2.55. The van der Waals surface area contributed by atoms with E-state index in [-0.39, 0.29) is 18.3 Å². The highest BCUT2D eigenvalue weighted by molar-refractivity contribution is 7.14. The zero-order chi connectivity index (χ0) is 14.1. The average Bonchev–Trinajstić information content (AvgIpc) is 3.05. The largest absolute Gasteiger partial charge is 0.454 e. The predicted molar refractivity (Wildman–Crippen MR) is 74.0 cm³/mol. The van der Waals surface area contributed by atoms with E-state index < -0.39 is 0 Å². The summed E-state index contributed by atoms with van der Waals surface area (Å²) in [6.07, 6.45) is 0. The van der Waals surface area contributed by atoms with Crippen LogP contribution >= 0.6 is 11.3 Å². The van der Waals surface area contributed by atoms with E-state index in [4.69, 9.17) is 20.5 Å². The predicted octanol–water partition coefficient (Wildman–Crippen LogP) is 2.18. The first kappa shape index (κ1) is 12.3. The van der Waals surface area contributed by atoms with Crippen molar-refractivity contribution in [1.82, 2.24) is 0 Å². The molecular formula is C13H9N3O3S. The van der Waals surface area contributed by atoms with Crippen molar-refractivity contribution in [2.45, 2.75) is 0 Å². The normalized spacial score (nSPS) is 11.9. The topological polar surface area (TPSA) is 97.4 Å². The molecule has 3 rings (SSSR count). The van der Waals surface area contributed by atoms with E-state index in [1.54, 1.807) is 17.5 Å². The fraction of sp³-hybridized carbons (Fsp3) is 0.0769. The van der Waals surface area contributed by atoms with Gasteiger partial charge in [-0.15, -0.1) is 11.3 Å². The van der Waals surface area contributed by atoms with Gasteiger partial charge in [-0.25, -0.2) is 0 Å². The van der Waals surface area contributed by atoms with E-state index in [2.05, 4.69) is 5.32 Å². The highest BCUT2D eigenvalue weighted by Crippen LogP contribution is 2.36. The Hall–Kier alpha value is -2.72. The molecule has 0 unspecified atom stereocenters. The standard InChI is InChI=1S/C13H9N3O3S/c14-5-7-1-2-20-13(7)16-12(17)8-3-10-11(4-9(8)15)19-6-18-10/h1-4H,6,15H2,(H,16,17). The molecule has 0 radical (unpaired) electrons. The van der Waals surface area contributed by atoms with Crippen LogP contribution in [0.2, 0.25) is 0 Å². The summed E-state index contributed by atoms with van der Waals surface area (Å²) in [7, 11) is 0. The Morgan fingerprint density at radius 2 is 2.15 bits per heavy atom. The number of amides is 1. The van der Waals surface area contributed by atoms with Gasteiger partial charge in [0, 0.05) is 11.8 Å². The van der Waals surface area contributed by atoms with Gasteiger partial charge in [-0.2, -0.15) is 5.26 Å². The molecule has 1 amide bonds. The maximum Gasteiger partial charge on any atom is 0.258 e. The summed E-state index contributed by atoms with van der Waals surface area (Å²) in [5.74, 6) is 0.615. The summed E-state index contributed by atoms with van der Waals surface area (Å²) in [4.78, 5) is 12.2. The van der Waals surface area contributed by atoms with Crippen molar-refractivity contribution in [2.24, 2.45) is 0 Å². The molecule has 6 nitrogen and oxygen atoms in total. The Bertz CT molecular complexity index is 733. The van der Waals surface area contributed by atoms with Gasteiger partial charge >= 0.3 is 0 Å². The molecule has 0 fully saturated rings. The van der Waals surface area contributed by atoms with Crippen LogP contribution < -0.4 is 20.5 Å². The van der Waals surface area contributed by atoms with Gasteiger partial charge in [0.05, 0.1) is 11.1 Å². The molecule has 0 bridgehead atoms. The van der Waals surface area contributed by atoms with Gasteiger partial charge in [-0.3, -0.25) is 4.79 Å². The van der Waals surface area contributed by atoms with Gasteiger partial charge < -0.3 is 20.5 Å². The highest BCUT2D eigenvalue weighted by atomic mass is 32.1. The molecule has 3 N–H and O–H groups in total. The summed E-state index contributed by atoms with van der Waals surface area (Å²) in [6, 6.07) is 6.74. The highest BCUT2D eigenvalue weighted by Gasteiger charge is 2.20. The molecule has 1 aliphatic heterocycles. The quantitative estimate of drug-likeness (QED) is 0.825. The Morgan fingerprint density at radius 1 is 1.40 bits per heavy atom. The molecule has 100 valence electrons. The lowest BCUT2D eigenvalue weighted by molar-refractivity contribution is 0.102. The van der Waals surface area contributed by atoms with Gasteiger partial charge in [0.15, 0.2) is 11.5 Å². The smallest absolute Gasteiger partial charge is 0.258 e. The summed E-state index contributed by atoms with van der Waals surface area (Å²) >= 11 is 1.28. The lowest BCUT2D eigenvalue weighted by atomic mass is 10.1. The van der Waals surface area contributed by atoms with Crippen LogP contribution in [0, 0.1) is 11.3 Å². The minimum Gasteiger partial charge on any atom is -0.454 e. The monoisotopic (exact) mass is 287 g/mol. The molecule has 2 heterocycles. The Balaban J connectivity index is 1.90. The zero-order valence-corrected chi connectivity index (χ0v) is 11.0. The van der Waals surface area contributed by atoms with Crippen LogP contribution in [-0.4, -0.2) is 12.7 Å². The third-order valence-electron chi connectivity index (χ3n) is 2.80.